The van der Waals surface area contributed by atoms with Crippen molar-refractivity contribution in [3.05, 3.63) is 51.0 Å². The molecule has 2 aromatic rings. The number of thiazole rings is 1. The number of rotatable bonds is 5. The monoisotopic (exact) mass is 332 g/mol. The molecule has 1 N–H and O–H groups in total. The van der Waals surface area contributed by atoms with Gasteiger partial charge in [0, 0.05) is 18.0 Å². The lowest BCUT2D eigenvalue weighted by atomic mass is 10.1. The van der Waals surface area contributed by atoms with Gasteiger partial charge in [0.25, 0.3) is 0 Å². The van der Waals surface area contributed by atoms with E-state index < -0.39 is 5.60 Å². The molecule has 5 heteroatoms. The Bertz CT molecular complexity index is 669. The molecule has 0 fully saturated rings. The van der Waals surface area contributed by atoms with E-state index in [9.17, 15) is 4.79 Å². The summed E-state index contributed by atoms with van der Waals surface area (Å²) in [5.41, 5.74) is 2.34. The molecule has 23 heavy (non-hydrogen) atoms. The molecule has 0 atom stereocenters. The third kappa shape index (κ3) is 5.44. The highest BCUT2D eigenvalue weighted by Crippen LogP contribution is 2.17. The summed E-state index contributed by atoms with van der Waals surface area (Å²) < 4.78 is 5.36. The average Bonchev–Trinajstić information content (AvgIpc) is 2.76. The maximum Gasteiger partial charge on any atom is 0.338 e. The van der Waals surface area contributed by atoms with Crippen LogP contribution in [0.25, 0.3) is 0 Å². The fourth-order valence-electron chi connectivity index (χ4n) is 2.15. The standard InChI is InChI=1S/C18H24N2O2S/c1-12-16(23-13(2)20-12)11-19-10-14-6-8-15(9-7-14)17(21)22-18(3,4)5/h6-9,19H,10-11H2,1-5H3. The molecule has 4 nitrogen and oxygen atoms in total. The number of carbonyl (C=O) groups is 1. The third-order valence-electron chi connectivity index (χ3n) is 3.20. The number of nitrogens with zero attached hydrogens (tertiary/aromatic N) is 1. The van der Waals surface area contributed by atoms with Crippen molar-refractivity contribution in [2.75, 3.05) is 0 Å². The van der Waals surface area contributed by atoms with Crippen LogP contribution in [0.4, 0.5) is 0 Å². The van der Waals surface area contributed by atoms with Crippen LogP contribution in [0.2, 0.25) is 0 Å². The highest BCUT2D eigenvalue weighted by molar-refractivity contribution is 7.11. The lowest BCUT2D eigenvalue weighted by Crippen LogP contribution is -2.23. The average molecular weight is 332 g/mol. The molecule has 124 valence electrons. The predicted octanol–water partition coefficient (Wildman–Crippen LogP) is 4.01. The van der Waals surface area contributed by atoms with E-state index in [0.717, 1.165) is 29.4 Å². The Morgan fingerprint density at radius 2 is 1.83 bits per heavy atom. The number of benzene rings is 1. The smallest absolute Gasteiger partial charge is 0.338 e. The van der Waals surface area contributed by atoms with Crippen molar-refractivity contribution in [1.82, 2.24) is 10.3 Å². The molecule has 1 aromatic carbocycles. The molecular weight excluding hydrogens is 308 g/mol. The van der Waals surface area contributed by atoms with E-state index in [1.54, 1.807) is 11.3 Å². The van der Waals surface area contributed by atoms with Gasteiger partial charge < -0.3 is 10.1 Å². The Kier molecular flexibility index (Phi) is 5.55. The lowest BCUT2D eigenvalue weighted by molar-refractivity contribution is 0.00695. The SMILES string of the molecule is Cc1nc(C)c(CNCc2ccc(C(=O)OC(C)(C)C)cc2)s1. The van der Waals surface area contributed by atoms with Crippen LogP contribution in [0.3, 0.4) is 0 Å². The molecule has 0 amide bonds. The summed E-state index contributed by atoms with van der Waals surface area (Å²) in [4.78, 5) is 17.7. The van der Waals surface area contributed by atoms with Crippen molar-refractivity contribution in [3.8, 4) is 0 Å². The van der Waals surface area contributed by atoms with Crippen LogP contribution in [0.1, 0.15) is 52.3 Å². The van der Waals surface area contributed by atoms with Crippen molar-refractivity contribution in [1.29, 1.82) is 0 Å². The predicted molar refractivity (Wildman–Crippen MR) is 93.7 cm³/mol. The first kappa shape index (κ1) is 17.6. The van der Waals surface area contributed by atoms with E-state index in [0.29, 0.717) is 5.56 Å². The van der Waals surface area contributed by atoms with Crippen molar-refractivity contribution < 1.29 is 9.53 Å². The summed E-state index contributed by atoms with van der Waals surface area (Å²) in [6.07, 6.45) is 0. The zero-order chi connectivity index (χ0) is 17.0. The Labute approximate surface area is 141 Å². The molecule has 0 spiro atoms. The first-order valence-corrected chi connectivity index (χ1v) is 8.52. The lowest BCUT2D eigenvalue weighted by Gasteiger charge is -2.19. The molecule has 0 radical (unpaired) electrons. The second-order valence-electron chi connectivity index (χ2n) is 6.54. The fraction of sp³-hybridized carbons (Fsp3) is 0.444. The molecule has 0 saturated carbocycles. The summed E-state index contributed by atoms with van der Waals surface area (Å²) in [7, 11) is 0. The van der Waals surface area contributed by atoms with E-state index >= 15 is 0 Å². The molecule has 0 unspecified atom stereocenters. The van der Waals surface area contributed by atoms with Crippen LogP contribution in [0.15, 0.2) is 24.3 Å². The van der Waals surface area contributed by atoms with Crippen LogP contribution in [-0.4, -0.2) is 16.6 Å². The molecule has 2 rings (SSSR count). The van der Waals surface area contributed by atoms with E-state index in [1.165, 1.54) is 4.88 Å². The number of esters is 1. The largest absolute Gasteiger partial charge is 0.456 e. The number of hydrogen-bond acceptors (Lipinski definition) is 5. The first-order chi connectivity index (χ1) is 10.7. The van der Waals surface area contributed by atoms with Crippen molar-refractivity contribution >= 4 is 17.3 Å². The Morgan fingerprint density at radius 1 is 1.17 bits per heavy atom. The van der Waals surface area contributed by atoms with E-state index in [1.807, 2.05) is 58.9 Å². The Balaban J connectivity index is 1.88. The highest BCUT2D eigenvalue weighted by atomic mass is 32.1. The minimum absolute atomic E-state index is 0.284. The summed E-state index contributed by atoms with van der Waals surface area (Å²) >= 11 is 1.73. The number of nitrogens with one attached hydrogen (secondary N) is 1. The van der Waals surface area contributed by atoms with Gasteiger partial charge in [0.05, 0.1) is 16.3 Å². The van der Waals surface area contributed by atoms with Crippen molar-refractivity contribution in [3.63, 3.8) is 0 Å². The summed E-state index contributed by atoms with van der Waals surface area (Å²) in [5, 5.41) is 4.51. The summed E-state index contributed by atoms with van der Waals surface area (Å²) in [6, 6.07) is 7.54. The van der Waals surface area contributed by atoms with Gasteiger partial charge in [-0.3, -0.25) is 0 Å². The quantitative estimate of drug-likeness (QED) is 0.841. The molecule has 0 aliphatic heterocycles. The van der Waals surface area contributed by atoms with Crippen LogP contribution in [0, 0.1) is 13.8 Å². The van der Waals surface area contributed by atoms with E-state index in [-0.39, 0.29) is 5.97 Å². The molecule has 1 aromatic heterocycles. The number of hydrogen-bond donors (Lipinski definition) is 1. The zero-order valence-electron chi connectivity index (χ0n) is 14.4. The Hall–Kier alpha value is -1.72. The third-order valence-corrected chi connectivity index (χ3v) is 4.28. The van der Waals surface area contributed by atoms with Crippen molar-refractivity contribution in [2.45, 2.75) is 53.3 Å². The van der Waals surface area contributed by atoms with Crippen LogP contribution in [0.5, 0.6) is 0 Å². The summed E-state index contributed by atoms with van der Waals surface area (Å²) in [6.45, 7) is 11.2. The van der Waals surface area contributed by atoms with Gasteiger partial charge in [0.2, 0.25) is 0 Å². The van der Waals surface area contributed by atoms with Gasteiger partial charge in [0.1, 0.15) is 5.60 Å². The minimum atomic E-state index is -0.470. The van der Waals surface area contributed by atoms with Crippen LogP contribution < -0.4 is 5.32 Å². The highest BCUT2D eigenvalue weighted by Gasteiger charge is 2.17. The zero-order valence-corrected chi connectivity index (χ0v) is 15.2. The maximum atomic E-state index is 12.0. The number of carbonyl (C=O) groups excluding carboxylic acids is 1. The second kappa shape index (κ2) is 7.23. The van der Waals surface area contributed by atoms with Gasteiger partial charge in [-0.15, -0.1) is 11.3 Å². The van der Waals surface area contributed by atoms with E-state index in [2.05, 4.69) is 10.3 Å². The molecular formula is C18H24N2O2S. The number of ether oxygens (including phenoxy) is 1. The Morgan fingerprint density at radius 3 is 2.35 bits per heavy atom. The topological polar surface area (TPSA) is 51.2 Å². The summed E-state index contributed by atoms with van der Waals surface area (Å²) in [5.74, 6) is -0.284. The van der Waals surface area contributed by atoms with Gasteiger partial charge in [-0.25, -0.2) is 9.78 Å². The van der Waals surface area contributed by atoms with Crippen LogP contribution >= 0.6 is 11.3 Å². The number of aromatic nitrogens is 1. The van der Waals surface area contributed by atoms with Gasteiger partial charge in [0.15, 0.2) is 0 Å². The second-order valence-corrected chi connectivity index (χ2v) is 7.83. The fourth-order valence-corrected chi connectivity index (χ4v) is 3.06. The van der Waals surface area contributed by atoms with Gasteiger partial charge in [-0.05, 0) is 52.3 Å². The van der Waals surface area contributed by atoms with Crippen molar-refractivity contribution in [2.24, 2.45) is 0 Å². The van der Waals surface area contributed by atoms with E-state index in [4.69, 9.17) is 4.74 Å². The molecule has 0 bridgehead atoms. The normalized spacial score (nSPS) is 11.5. The van der Waals surface area contributed by atoms with Gasteiger partial charge >= 0.3 is 5.97 Å². The number of aryl methyl sites for hydroxylation is 2. The van der Waals surface area contributed by atoms with Crippen LogP contribution in [-0.2, 0) is 17.8 Å². The molecule has 0 aliphatic carbocycles. The minimum Gasteiger partial charge on any atom is -0.456 e. The van der Waals surface area contributed by atoms with Gasteiger partial charge in [-0.2, -0.15) is 0 Å². The molecule has 0 aliphatic rings. The first-order valence-electron chi connectivity index (χ1n) is 7.70. The van der Waals surface area contributed by atoms with Gasteiger partial charge in [-0.1, -0.05) is 12.1 Å². The molecule has 0 saturated heterocycles. The molecule has 1 heterocycles. The maximum absolute atomic E-state index is 12.0.